The Hall–Kier alpha value is -1.72. The Morgan fingerprint density at radius 2 is 2.00 bits per heavy atom. The second-order valence-corrected chi connectivity index (χ2v) is 5.33. The minimum absolute atomic E-state index is 0.472. The average Bonchev–Trinajstić information content (AvgIpc) is 2.93. The molecule has 108 valence electrons. The Morgan fingerprint density at radius 3 is 2.70 bits per heavy atom. The van der Waals surface area contributed by atoms with E-state index in [1.807, 2.05) is 36.5 Å². The molecule has 1 aromatic heterocycles. The number of hydrogen-bond donors (Lipinski definition) is 1. The number of nitrogens with one attached hydrogen (secondary N) is 1. The lowest BCUT2D eigenvalue weighted by atomic mass is 10.2. The van der Waals surface area contributed by atoms with Crippen LogP contribution in [0.1, 0.15) is 19.0 Å². The highest BCUT2D eigenvalue weighted by atomic mass is 15.5. The number of hydrogen-bond acceptors (Lipinski definition) is 4. The predicted molar refractivity (Wildman–Crippen MR) is 80.8 cm³/mol. The summed E-state index contributed by atoms with van der Waals surface area (Å²) in [5.74, 6) is 0. The van der Waals surface area contributed by atoms with Crippen molar-refractivity contribution in [1.82, 2.24) is 25.2 Å². The van der Waals surface area contributed by atoms with Gasteiger partial charge in [-0.25, -0.2) is 0 Å². The first-order valence-corrected chi connectivity index (χ1v) is 7.00. The van der Waals surface area contributed by atoms with E-state index in [0.29, 0.717) is 6.04 Å². The van der Waals surface area contributed by atoms with Crippen LogP contribution in [0.25, 0.3) is 5.69 Å². The fourth-order valence-corrected chi connectivity index (χ4v) is 1.89. The third-order valence-electron chi connectivity index (χ3n) is 3.17. The van der Waals surface area contributed by atoms with Crippen molar-refractivity contribution in [2.45, 2.75) is 25.9 Å². The van der Waals surface area contributed by atoms with Gasteiger partial charge in [0.2, 0.25) is 0 Å². The molecule has 2 aromatic rings. The third kappa shape index (κ3) is 4.43. The van der Waals surface area contributed by atoms with Crippen molar-refractivity contribution in [3.8, 4) is 5.69 Å². The van der Waals surface area contributed by atoms with Gasteiger partial charge in [-0.1, -0.05) is 18.2 Å². The highest BCUT2D eigenvalue weighted by Gasteiger charge is 2.05. The molecule has 0 aliphatic heterocycles. The Labute approximate surface area is 120 Å². The van der Waals surface area contributed by atoms with Gasteiger partial charge in [0.1, 0.15) is 0 Å². The smallest absolute Gasteiger partial charge is 0.0969 e. The minimum atomic E-state index is 0.472. The Kier molecular flexibility index (Phi) is 5.26. The first kappa shape index (κ1) is 14.7. The monoisotopic (exact) mass is 273 g/mol. The van der Waals surface area contributed by atoms with Crippen molar-refractivity contribution in [3.63, 3.8) is 0 Å². The standard InChI is InChI=1S/C15H23N5/c1-13(9-10-19(2)3)16-11-14-12-17-20(18-14)15-7-5-4-6-8-15/h4-8,12-13,16H,9-11H2,1-3H3. The molecule has 0 saturated carbocycles. The fourth-order valence-electron chi connectivity index (χ4n) is 1.89. The van der Waals surface area contributed by atoms with Gasteiger partial charge in [0, 0.05) is 12.6 Å². The van der Waals surface area contributed by atoms with Crippen LogP contribution in [0.3, 0.4) is 0 Å². The topological polar surface area (TPSA) is 46.0 Å². The van der Waals surface area contributed by atoms with Crippen LogP contribution < -0.4 is 5.32 Å². The third-order valence-corrected chi connectivity index (χ3v) is 3.17. The van der Waals surface area contributed by atoms with Crippen molar-refractivity contribution in [3.05, 3.63) is 42.2 Å². The highest BCUT2D eigenvalue weighted by Crippen LogP contribution is 2.04. The second kappa shape index (κ2) is 7.17. The summed E-state index contributed by atoms with van der Waals surface area (Å²) in [7, 11) is 4.19. The van der Waals surface area contributed by atoms with E-state index < -0.39 is 0 Å². The molecule has 20 heavy (non-hydrogen) atoms. The molecule has 0 spiro atoms. The van der Waals surface area contributed by atoms with Crippen LogP contribution in [-0.2, 0) is 6.54 Å². The predicted octanol–water partition coefficient (Wildman–Crippen LogP) is 1.70. The van der Waals surface area contributed by atoms with E-state index in [-0.39, 0.29) is 0 Å². The Balaban J connectivity index is 1.84. The van der Waals surface area contributed by atoms with Gasteiger partial charge in [-0.15, -0.1) is 0 Å². The van der Waals surface area contributed by atoms with Crippen molar-refractivity contribution < 1.29 is 0 Å². The zero-order valence-electron chi connectivity index (χ0n) is 12.5. The summed E-state index contributed by atoms with van der Waals surface area (Å²) in [5.41, 5.74) is 1.95. The molecule has 0 amide bonds. The molecule has 0 fully saturated rings. The fraction of sp³-hybridized carbons (Fsp3) is 0.467. The molecule has 5 heteroatoms. The van der Waals surface area contributed by atoms with Crippen LogP contribution in [0.15, 0.2) is 36.5 Å². The lowest BCUT2D eigenvalue weighted by Gasteiger charge is -2.15. The van der Waals surface area contributed by atoms with Gasteiger partial charge in [0.15, 0.2) is 0 Å². The summed E-state index contributed by atoms with van der Waals surface area (Å²) in [5, 5.41) is 12.3. The summed E-state index contributed by atoms with van der Waals surface area (Å²) in [4.78, 5) is 3.87. The first-order chi connectivity index (χ1) is 9.65. The van der Waals surface area contributed by atoms with Crippen molar-refractivity contribution in [2.24, 2.45) is 0 Å². The molecule has 1 atom stereocenters. The number of rotatable bonds is 7. The maximum absolute atomic E-state index is 4.48. The van der Waals surface area contributed by atoms with E-state index >= 15 is 0 Å². The van der Waals surface area contributed by atoms with Crippen molar-refractivity contribution in [2.75, 3.05) is 20.6 Å². The average molecular weight is 273 g/mol. The van der Waals surface area contributed by atoms with E-state index in [1.54, 1.807) is 4.80 Å². The molecular weight excluding hydrogens is 250 g/mol. The summed E-state index contributed by atoms with van der Waals surface area (Å²) >= 11 is 0. The summed E-state index contributed by atoms with van der Waals surface area (Å²) in [6.07, 6.45) is 2.94. The highest BCUT2D eigenvalue weighted by molar-refractivity contribution is 5.28. The van der Waals surface area contributed by atoms with Crippen LogP contribution in [0.4, 0.5) is 0 Å². The van der Waals surface area contributed by atoms with Crippen molar-refractivity contribution in [1.29, 1.82) is 0 Å². The van der Waals surface area contributed by atoms with Crippen LogP contribution in [0, 0.1) is 0 Å². The normalized spacial score (nSPS) is 12.8. The molecule has 0 aliphatic rings. The lowest BCUT2D eigenvalue weighted by molar-refractivity contribution is 0.365. The number of nitrogens with zero attached hydrogens (tertiary/aromatic N) is 4. The number of benzene rings is 1. The molecule has 1 aromatic carbocycles. The molecule has 0 aliphatic carbocycles. The van der Waals surface area contributed by atoms with Crippen molar-refractivity contribution >= 4 is 0 Å². The van der Waals surface area contributed by atoms with E-state index in [4.69, 9.17) is 0 Å². The molecular formula is C15H23N5. The molecule has 1 unspecified atom stereocenters. The van der Waals surface area contributed by atoms with Gasteiger partial charge < -0.3 is 10.2 Å². The van der Waals surface area contributed by atoms with Crippen LogP contribution in [0.2, 0.25) is 0 Å². The van der Waals surface area contributed by atoms with Gasteiger partial charge in [-0.05, 0) is 46.1 Å². The van der Waals surface area contributed by atoms with Gasteiger partial charge >= 0.3 is 0 Å². The molecule has 1 N–H and O–H groups in total. The minimum Gasteiger partial charge on any atom is -0.309 e. The largest absolute Gasteiger partial charge is 0.309 e. The number of para-hydroxylation sites is 1. The van der Waals surface area contributed by atoms with Crippen LogP contribution in [0.5, 0.6) is 0 Å². The van der Waals surface area contributed by atoms with E-state index in [2.05, 4.69) is 41.4 Å². The Bertz CT molecular complexity index is 506. The zero-order valence-corrected chi connectivity index (χ0v) is 12.5. The van der Waals surface area contributed by atoms with Gasteiger partial charge in [-0.3, -0.25) is 0 Å². The second-order valence-electron chi connectivity index (χ2n) is 5.33. The number of aromatic nitrogens is 3. The van der Waals surface area contributed by atoms with Crippen LogP contribution in [-0.4, -0.2) is 46.6 Å². The molecule has 0 bridgehead atoms. The molecule has 5 nitrogen and oxygen atoms in total. The van der Waals surface area contributed by atoms with Gasteiger partial charge in [-0.2, -0.15) is 15.0 Å². The van der Waals surface area contributed by atoms with Gasteiger partial charge in [0.25, 0.3) is 0 Å². The SMILES string of the molecule is CC(CCN(C)C)NCc1cnn(-c2ccccc2)n1. The summed E-state index contributed by atoms with van der Waals surface area (Å²) in [6.45, 7) is 4.04. The zero-order chi connectivity index (χ0) is 14.4. The van der Waals surface area contributed by atoms with E-state index in [1.165, 1.54) is 0 Å². The lowest BCUT2D eigenvalue weighted by Crippen LogP contribution is -2.29. The molecule has 2 rings (SSSR count). The first-order valence-electron chi connectivity index (χ1n) is 7.00. The maximum atomic E-state index is 4.48. The summed E-state index contributed by atoms with van der Waals surface area (Å²) < 4.78 is 0. The summed E-state index contributed by atoms with van der Waals surface area (Å²) in [6, 6.07) is 10.4. The molecule has 1 heterocycles. The molecule has 0 saturated heterocycles. The van der Waals surface area contributed by atoms with Gasteiger partial charge in [0.05, 0.1) is 17.6 Å². The van der Waals surface area contributed by atoms with E-state index in [0.717, 1.165) is 30.9 Å². The quantitative estimate of drug-likeness (QED) is 0.834. The maximum Gasteiger partial charge on any atom is 0.0969 e. The molecule has 0 radical (unpaired) electrons. The van der Waals surface area contributed by atoms with E-state index in [9.17, 15) is 0 Å². The Morgan fingerprint density at radius 1 is 1.25 bits per heavy atom. The van der Waals surface area contributed by atoms with Crippen LogP contribution >= 0.6 is 0 Å².